The predicted molar refractivity (Wildman–Crippen MR) is 146 cm³/mol. The summed E-state index contributed by atoms with van der Waals surface area (Å²) in [6.07, 6.45) is 6.28. The molecule has 6 rings (SSSR count). The van der Waals surface area contributed by atoms with E-state index in [0.717, 1.165) is 48.0 Å². The molecule has 3 heterocycles. The van der Waals surface area contributed by atoms with Gasteiger partial charge in [-0.15, -0.1) is 0 Å². The minimum absolute atomic E-state index is 0.0396. The summed E-state index contributed by atoms with van der Waals surface area (Å²) in [5.41, 5.74) is 3.05. The van der Waals surface area contributed by atoms with Crippen molar-refractivity contribution in [2.24, 2.45) is 13.0 Å². The van der Waals surface area contributed by atoms with Crippen molar-refractivity contribution < 1.29 is 13.6 Å². The van der Waals surface area contributed by atoms with Crippen LogP contribution in [-0.4, -0.2) is 39.1 Å². The number of fused-ring (bicyclic) bond motifs is 1. The molecule has 39 heavy (non-hydrogen) atoms. The number of carbonyl (C=O) groups excluding carboxylic acids is 1. The molecule has 1 saturated heterocycles. The molecule has 4 aromatic rings. The second-order valence-electron chi connectivity index (χ2n) is 10.9. The molecule has 2 atom stereocenters. The summed E-state index contributed by atoms with van der Waals surface area (Å²) >= 11 is 0. The highest BCUT2D eigenvalue weighted by molar-refractivity contribution is 5.86. The van der Waals surface area contributed by atoms with Crippen LogP contribution in [0.2, 0.25) is 0 Å². The van der Waals surface area contributed by atoms with Gasteiger partial charge in [-0.25, -0.2) is 8.78 Å². The second-order valence-corrected chi connectivity index (χ2v) is 10.9. The van der Waals surface area contributed by atoms with E-state index >= 15 is 4.39 Å². The smallest absolute Gasteiger partial charge is 0.250 e. The number of benzene rings is 2. The van der Waals surface area contributed by atoms with Crippen LogP contribution in [0.4, 0.5) is 8.78 Å². The Morgan fingerprint density at radius 1 is 1.08 bits per heavy atom. The molecule has 2 fully saturated rings. The molecule has 1 aliphatic heterocycles. The normalized spacial score (nSPS) is 19.4. The van der Waals surface area contributed by atoms with Crippen molar-refractivity contribution in [1.29, 1.82) is 0 Å². The number of hydrogen-bond donors (Lipinski definition) is 1. The first-order chi connectivity index (χ1) is 18.9. The highest BCUT2D eigenvalue weighted by atomic mass is 19.1. The van der Waals surface area contributed by atoms with E-state index in [0.29, 0.717) is 25.0 Å². The monoisotopic (exact) mass is 530 g/mol. The van der Waals surface area contributed by atoms with Gasteiger partial charge in [0.1, 0.15) is 11.6 Å². The van der Waals surface area contributed by atoms with Crippen molar-refractivity contribution in [1.82, 2.24) is 19.4 Å². The van der Waals surface area contributed by atoms with Gasteiger partial charge in [0.2, 0.25) is 5.91 Å². The van der Waals surface area contributed by atoms with E-state index < -0.39 is 0 Å². The fourth-order valence-corrected chi connectivity index (χ4v) is 5.96. The minimum atomic E-state index is -0.332. The highest BCUT2D eigenvalue weighted by Crippen LogP contribution is 2.37. The maximum absolute atomic E-state index is 15.2. The highest BCUT2D eigenvalue weighted by Gasteiger charge is 2.40. The molecule has 6 nitrogen and oxygen atoms in total. The Bertz CT molecular complexity index is 1590. The quantitative estimate of drug-likeness (QED) is 0.382. The number of piperidine rings is 1. The largest absolute Gasteiger partial charge is 0.343 e. The second kappa shape index (κ2) is 10.4. The third kappa shape index (κ3) is 5.13. The standard InChI is InChI=1S/C31H32F2N4O2/c1-35-13-11-21(15-29(35)38)25-10-12-34-16-26(25)31(39)37(24-8-9-24)19-22-18-36(17-20-4-2-5-23(32)14-20)28-7-3-6-27(33)30(22)28/h2-7,11,13-15,18,24-26,34H,8-10,12,16-17,19H2,1H3/t25?,26-/m0/s1. The number of aryl methyl sites for hydroxylation is 1. The summed E-state index contributed by atoms with van der Waals surface area (Å²) in [5, 5.41) is 3.87. The van der Waals surface area contributed by atoms with E-state index in [1.807, 2.05) is 33.9 Å². The van der Waals surface area contributed by atoms with Gasteiger partial charge < -0.3 is 19.4 Å². The molecule has 1 saturated carbocycles. The number of rotatable bonds is 7. The van der Waals surface area contributed by atoms with Gasteiger partial charge in [0.15, 0.2) is 0 Å². The van der Waals surface area contributed by atoms with E-state index in [-0.39, 0.29) is 41.0 Å². The van der Waals surface area contributed by atoms with E-state index in [1.165, 1.54) is 22.8 Å². The van der Waals surface area contributed by atoms with E-state index in [2.05, 4.69) is 5.32 Å². The number of hydrogen-bond acceptors (Lipinski definition) is 3. The van der Waals surface area contributed by atoms with Crippen LogP contribution in [0.5, 0.6) is 0 Å². The van der Waals surface area contributed by atoms with Crippen molar-refractivity contribution in [3.8, 4) is 0 Å². The topological polar surface area (TPSA) is 59.3 Å². The van der Waals surface area contributed by atoms with Gasteiger partial charge in [0.05, 0.1) is 11.4 Å². The first-order valence-corrected chi connectivity index (χ1v) is 13.6. The van der Waals surface area contributed by atoms with Crippen molar-refractivity contribution in [3.63, 3.8) is 0 Å². The fraction of sp³-hybridized carbons (Fsp3) is 0.355. The van der Waals surface area contributed by atoms with Gasteiger partial charge in [-0.2, -0.15) is 0 Å². The van der Waals surface area contributed by atoms with Crippen molar-refractivity contribution in [3.05, 3.63) is 106 Å². The van der Waals surface area contributed by atoms with Gasteiger partial charge in [0, 0.05) is 56.6 Å². The van der Waals surface area contributed by atoms with Crippen LogP contribution in [0.1, 0.15) is 41.9 Å². The Kier molecular flexibility index (Phi) is 6.81. The summed E-state index contributed by atoms with van der Waals surface area (Å²) in [6, 6.07) is 15.1. The molecule has 1 N–H and O–H groups in total. The molecular formula is C31H32F2N4O2. The number of nitrogens with one attached hydrogen (secondary N) is 1. The van der Waals surface area contributed by atoms with E-state index in [9.17, 15) is 14.0 Å². The van der Waals surface area contributed by atoms with Crippen LogP contribution in [-0.2, 0) is 24.9 Å². The first-order valence-electron chi connectivity index (χ1n) is 13.6. The Morgan fingerprint density at radius 3 is 2.67 bits per heavy atom. The van der Waals surface area contributed by atoms with Crippen LogP contribution in [0.15, 0.2) is 71.8 Å². The number of carbonyl (C=O) groups is 1. The lowest BCUT2D eigenvalue weighted by molar-refractivity contribution is -0.138. The molecule has 2 aliphatic rings. The molecular weight excluding hydrogens is 498 g/mol. The third-order valence-electron chi connectivity index (χ3n) is 8.14. The summed E-state index contributed by atoms with van der Waals surface area (Å²) in [5.74, 6) is -0.969. The maximum atomic E-state index is 15.2. The third-order valence-corrected chi connectivity index (χ3v) is 8.14. The molecule has 0 spiro atoms. The zero-order valence-electron chi connectivity index (χ0n) is 21.9. The Morgan fingerprint density at radius 2 is 1.90 bits per heavy atom. The predicted octanol–water partition coefficient (Wildman–Crippen LogP) is 4.55. The van der Waals surface area contributed by atoms with Crippen LogP contribution in [0, 0.1) is 17.6 Å². The van der Waals surface area contributed by atoms with E-state index in [4.69, 9.17) is 0 Å². The molecule has 1 aliphatic carbocycles. The zero-order valence-corrected chi connectivity index (χ0v) is 21.9. The molecule has 1 amide bonds. The number of aromatic nitrogens is 2. The van der Waals surface area contributed by atoms with Crippen molar-refractivity contribution in [2.75, 3.05) is 13.1 Å². The Labute approximate surface area is 225 Å². The summed E-state index contributed by atoms with van der Waals surface area (Å²) < 4.78 is 32.5. The summed E-state index contributed by atoms with van der Waals surface area (Å²) in [6.45, 7) is 2.02. The van der Waals surface area contributed by atoms with Gasteiger partial charge in [0.25, 0.3) is 5.56 Å². The average molecular weight is 531 g/mol. The number of pyridine rings is 1. The Balaban J connectivity index is 1.33. The average Bonchev–Trinajstić information content (AvgIpc) is 3.71. The van der Waals surface area contributed by atoms with Crippen molar-refractivity contribution in [2.45, 2.75) is 44.3 Å². The number of halogens is 2. The lowest BCUT2D eigenvalue weighted by atomic mass is 9.80. The van der Waals surface area contributed by atoms with Gasteiger partial charge in [-0.3, -0.25) is 9.59 Å². The number of amides is 1. The number of nitrogens with zero attached hydrogens (tertiary/aromatic N) is 3. The first kappa shape index (κ1) is 25.5. The van der Waals surface area contributed by atoms with E-state index in [1.54, 1.807) is 31.4 Å². The molecule has 2 aromatic carbocycles. The Hall–Kier alpha value is -3.78. The van der Waals surface area contributed by atoms with Crippen LogP contribution in [0.3, 0.4) is 0 Å². The molecule has 2 aromatic heterocycles. The summed E-state index contributed by atoms with van der Waals surface area (Å²) in [4.78, 5) is 28.4. The minimum Gasteiger partial charge on any atom is -0.343 e. The van der Waals surface area contributed by atoms with Crippen LogP contribution in [0.25, 0.3) is 10.9 Å². The van der Waals surface area contributed by atoms with Gasteiger partial charge in [-0.05, 0) is 78.7 Å². The van der Waals surface area contributed by atoms with Crippen LogP contribution < -0.4 is 10.9 Å². The zero-order chi connectivity index (χ0) is 27.1. The molecule has 1 unspecified atom stereocenters. The maximum Gasteiger partial charge on any atom is 0.250 e. The summed E-state index contributed by atoms with van der Waals surface area (Å²) in [7, 11) is 1.72. The SMILES string of the molecule is Cn1ccc(C2CCNC[C@@H]2C(=O)N(Cc2cn(Cc3cccc(F)c3)c3cccc(F)c23)C2CC2)cc1=O. The molecule has 8 heteroatoms. The molecule has 0 bridgehead atoms. The molecule has 202 valence electrons. The lowest BCUT2D eigenvalue weighted by Crippen LogP contribution is -2.47. The van der Waals surface area contributed by atoms with Crippen LogP contribution >= 0.6 is 0 Å². The van der Waals surface area contributed by atoms with Gasteiger partial charge in [-0.1, -0.05) is 18.2 Å². The fourth-order valence-electron chi connectivity index (χ4n) is 5.96. The lowest BCUT2D eigenvalue weighted by Gasteiger charge is -2.35. The van der Waals surface area contributed by atoms with Crippen molar-refractivity contribution >= 4 is 16.8 Å². The van der Waals surface area contributed by atoms with Gasteiger partial charge >= 0.3 is 0 Å². The molecule has 0 radical (unpaired) electrons.